The molecule has 1 heterocycles. The third-order valence-electron chi connectivity index (χ3n) is 6.37. The van der Waals surface area contributed by atoms with Crippen LogP contribution in [0, 0.1) is 5.92 Å². The second-order valence-corrected chi connectivity index (χ2v) is 9.33. The molecule has 0 bridgehead atoms. The van der Waals surface area contributed by atoms with Crippen LogP contribution in [0.2, 0.25) is 0 Å². The summed E-state index contributed by atoms with van der Waals surface area (Å²) in [6.45, 7) is 4.92. The number of nitrogens with one attached hydrogen (secondary N) is 4. The number of carboxylic acids is 1. The van der Waals surface area contributed by atoms with Crippen molar-refractivity contribution >= 4 is 40.5 Å². The fourth-order valence-corrected chi connectivity index (χ4v) is 3.83. The smallest absolute Gasteiger partial charge is 0.326 e. The number of aromatic nitrogens is 1. The number of H-pyrrole nitrogens is 1. The zero-order valence-corrected chi connectivity index (χ0v) is 21.6. The normalized spacial score (nSPS) is 15.9. The Bertz CT molecular complexity index is 1160. The summed E-state index contributed by atoms with van der Waals surface area (Å²) in [5.41, 5.74) is 12.5. The molecular weight excluding hydrogens is 496 g/mol. The minimum Gasteiger partial charge on any atom is -0.480 e. The van der Waals surface area contributed by atoms with Crippen molar-refractivity contribution in [1.29, 1.82) is 0 Å². The minimum atomic E-state index is -1.62. The van der Waals surface area contributed by atoms with E-state index in [-0.39, 0.29) is 12.3 Å². The van der Waals surface area contributed by atoms with Gasteiger partial charge in [0, 0.05) is 23.5 Å². The summed E-state index contributed by atoms with van der Waals surface area (Å²) in [5.74, 6) is -5.04. The Morgan fingerprint density at radius 2 is 1.61 bits per heavy atom. The number of fused-ring (bicyclic) bond motifs is 1. The highest BCUT2D eigenvalue weighted by Crippen LogP contribution is 2.19. The molecule has 13 nitrogen and oxygen atoms in total. The molecule has 6 atom stereocenters. The summed E-state index contributed by atoms with van der Waals surface area (Å²) < 4.78 is 0. The first-order valence-corrected chi connectivity index (χ1v) is 12.3. The average molecular weight is 533 g/mol. The van der Waals surface area contributed by atoms with E-state index in [0.29, 0.717) is 12.0 Å². The first-order valence-electron chi connectivity index (χ1n) is 12.3. The predicted molar refractivity (Wildman–Crippen MR) is 138 cm³/mol. The summed E-state index contributed by atoms with van der Waals surface area (Å²) in [6.07, 6.45) is 0.185. The van der Waals surface area contributed by atoms with Crippen LogP contribution in [-0.2, 0) is 30.4 Å². The molecule has 0 saturated heterocycles. The fourth-order valence-electron chi connectivity index (χ4n) is 3.83. The summed E-state index contributed by atoms with van der Waals surface area (Å²) in [4.78, 5) is 64.8. The molecule has 38 heavy (non-hydrogen) atoms. The SMILES string of the molecule is CCC(C)C(N)C(=O)NC(C(=O)NC(Cc1c[nH]c2ccccc12)C(=O)NC(CC(N)=O)C(=O)O)C(C)O. The van der Waals surface area contributed by atoms with Gasteiger partial charge in [-0.15, -0.1) is 0 Å². The molecule has 0 radical (unpaired) electrons. The van der Waals surface area contributed by atoms with Crippen LogP contribution in [0.5, 0.6) is 0 Å². The third-order valence-corrected chi connectivity index (χ3v) is 6.37. The van der Waals surface area contributed by atoms with Gasteiger partial charge in [0.05, 0.1) is 18.6 Å². The van der Waals surface area contributed by atoms with E-state index in [1.165, 1.54) is 6.92 Å². The van der Waals surface area contributed by atoms with Gasteiger partial charge in [0.25, 0.3) is 0 Å². The van der Waals surface area contributed by atoms with Gasteiger partial charge in [0.1, 0.15) is 18.1 Å². The number of aliphatic carboxylic acids is 1. The number of carbonyl (C=O) groups is 5. The van der Waals surface area contributed by atoms with Crippen molar-refractivity contribution < 1.29 is 34.2 Å². The molecule has 10 N–H and O–H groups in total. The van der Waals surface area contributed by atoms with Crippen LogP contribution < -0.4 is 27.4 Å². The number of carboxylic acid groups (broad SMARTS) is 1. The maximum absolute atomic E-state index is 13.2. The van der Waals surface area contributed by atoms with Gasteiger partial charge in [0.15, 0.2) is 0 Å². The molecule has 6 unspecified atom stereocenters. The zero-order valence-electron chi connectivity index (χ0n) is 21.6. The maximum atomic E-state index is 13.2. The second kappa shape index (κ2) is 13.5. The standard InChI is InChI=1S/C25H36N6O7/c1-4-12(2)20(27)23(35)31-21(13(3)32)24(36)29-17(22(34)30-18(25(37)38)10-19(26)33)9-14-11-28-16-8-6-5-7-15(14)16/h5-8,11-13,17-18,20-21,28,32H,4,9-10,27H2,1-3H3,(H2,26,33)(H,29,36)(H,30,34)(H,31,35)(H,37,38). The van der Waals surface area contributed by atoms with E-state index in [1.807, 2.05) is 19.1 Å². The fraction of sp³-hybridized carbons (Fsp3) is 0.480. The molecule has 0 aliphatic carbocycles. The highest BCUT2D eigenvalue weighted by Gasteiger charge is 2.33. The molecule has 2 rings (SSSR count). The number of hydrogen-bond acceptors (Lipinski definition) is 7. The number of carbonyl (C=O) groups excluding carboxylic acids is 4. The van der Waals surface area contributed by atoms with Gasteiger partial charge in [-0.2, -0.15) is 0 Å². The molecule has 0 aliphatic heterocycles. The highest BCUT2D eigenvalue weighted by molar-refractivity contribution is 5.95. The van der Waals surface area contributed by atoms with Crippen LogP contribution in [0.3, 0.4) is 0 Å². The quantitative estimate of drug-likeness (QED) is 0.148. The van der Waals surface area contributed by atoms with E-state index in [1.54, 1.807) is 25.3 Å². The van der Waals surface area contributed by atoms with Crippen molar-refractivity contribution in [2.24, 2.45) is 17.4 Å². The van der Waals surface area contributed by atoms with Crippen LogP contribution in [0.1, 0.15) is 39.2 Å². The van der Waals surface area contributed by atoms with Crippen LogP contribution in [0.4, 0.5) is 0 Å². The van der Waals surface area contributed by atoms with Gasteiger partial charge in [-0.3, -0.25) is 19.2 Å². The summed E-state index contributed by atoms with van der Waals surface area (Å²) in [5, 5.41) is 27.6. The minimum absolute atomic E-state index is 0.0721. The number of rotatable bonds is 14. The first kappa shape index (κ1) is 30.3. The third kappa shape index (κ3) is 8.02. The lowest BCUT2D eigenvalue weighted by atomic mass is 9.98. The average Bonchev–Trinajstić information content (AvgIpc) is 3.27. The molecular formula is C25H36N6O7. The lowest BCUT2D eigenvalue weighted by Crippen LogP contribution is -2.60. The molecule has 13 heteroatoms. The molecule has 4 amide bonds. The number of amides is 4. The van der Waals surface area contributed by atoms with Gasteiger partial charge < -0.3 is 42.6 Å². The zero-order chi connectivity index (χ0) is 28.6. The molecule has 208 valence electrons. The van der Waals surface area contributed by atoms with Gasteiger partial charge in [-0.25, -0.2) is 4.79 Å². The van der Waals surface area contributed by atoms with Crippen molar-refractivity contribution in [2.75, 3.05) is 0 Å². The van der Waals surface area contributed by atoms with Crippen molar-refractivity contribution in [3.8, 4) is 0 Å². The summed E-state index contributed by atoms with van der Waals surface area (Å²) in [6, 6.07) is 1.90. The Balaban J connectivity index is 2.32. The highest BCUT2D eigenvalue weighted by atomic mass is 16.4. The van der Waals surface area contributed by atoms with Crippen molar-refractivity contribution in [3.63, 3.8) is 0 Å². The van der Waals surface area contributed by atoms with Crippen molar-refractivity contribution in [3.05, 3.63) is 36.0 Å². The van der Waals surface area contributed by atoms with Crippen molar-refractivity contribution in [1.82, 2.24) is 20.9 Å². The van der Waals surface area contributed by atoms with E-state index in [9.17, 15) is 34.2 Å². The monoisotopic (exact) mass is 532 g/mol. The predicted octanol–water partition coefficient (Wildman–Crippen LogP) is -1.12. The number of aliphatic hydroxyl groups is 1. The van der Waals surface area contributed by atoms with Crippen LogP contribution >= 0.6 is 0 Å². The topological polar surface area (TPSA) is 230 Å². The number of nitrogens with two attached hydrogens (primary N) is 2. The lowest BCUT2D eigenvalue weighted by Gasteiger charge is -2.27. The van der Waals surface area contributed by atoms with Crippen LogP contribution in [-0.4, -0.2) is 75.1 Å². The summed E-state index contributed by atoms with van der Waals surface area (Å²) in [7, 11) is 0. The van der Waals surface area contributed by atoms with Gasteiger partial charge in [0.2, 0.25) is 23.6 Å². The number of aliphatic hydroxyl groups excluding tert-OH is 1. The van der Waals surface area contributed by atoms with E-state index in [4.69, 9.17) is 11.5 Å². The molecule has 1 aromatic carbocycles. The second-order valence-electron chi connectivity index (χ2n) is 9.33. The Morgan fingerprint density at radius 1 is 0.974 bits per heavy atom. The van der Waals surface area contributed by atoms with Crippen LogP contribution in [0.25, 0.3) is 10.9 Å². The van der Waals surface area contributed by atoms with Crippen LogP contribution in [0.15, 0.2) is 30.5 Å². The number of para-hydroxylation sites is 1. The molecule has 0 spiro atoms. The Labute approximate surface area is 219 Å². The maximum Gasteiger partial charge on any atom is 0.326 e. The number of benzene rings is 1. The Hall–Kier alpha value is -3.97. The Kier molecular flexibility index (Phi) is 10.8. The van der Waals surface area contributed by atoms with E-state index in [0.717, 1.165) is 10.9 Å². The molecule has 0 aliphatic rings. The number of aromatic amines is 1. The molecule has 0 saturated carbocycles. The largest absolute Gasteiger partial charge is 0.480 e. The Morgan fingerprint density at radius 3 is 2.18 bits per heavy atom. The van der Waals surface area contributed by atoms with Crippen molar-refractivity contribution in [2.45, 2.75) is 70.3 Å². The van der Waals surface area contributed by atoms with E-state index < -0.39 is 66.3 Å². The summed E-state index contributed by atoms with van der Waals surface area (Å²) >= 11 is 0. The van der Waals surface area contributed by atoms with Gasteiger partial charge >= 0.3 is 5.97 Å². The van der Waals surface area contributed by atoms with Gasteiger partial charge in [-0.05, 0) is 24.5 Å². The molecule has 0 fully saturated rings. The molecule has 2 aromatic rings. The number of hydrogen-bond donors (Lipinski definition) is 8. The van der Waals surface area contributed by atoms with Gasteiger partial charge in [-0.1, -0.05) is 38.5 Å². The molecule has 1 aromatic heterocycles. The van der Waals surface area contributed by atoms with E-state index >= 15 is 0 Å². The number of primary amides is 1. The van der Waals surface area contributed by atoms with E-state index in [2.05, 4.69) is 20.9 Å². The lowest BCUT2D eigenvalue weighted by molar-refractivity contribution is -0.143. The first-order chi connectivity index (χ1) is 17.8.